The zero-order valence-corrected chi connectivity index (χ0v) is 13.2. The Labute approximate surface area is 135 Å². The van der Waals surface area contributed by atoms with E-state index in [0.717, 1.165) is 5.56 Å². The first-order chi connectivity index (χ1) is 11.1. The molecule has 0 amide bonds. The third kappa shape index (κ3) is 3.33. The molecule has 0 aliphatic heterocycles. The highest BCUT2D eigenvalue weighted by Gasteiger charge is 2.41. The SMILES string of the molecule is COC(OC)(C(=O)c1ccc(CO)cc1)c1ccc(CO)cc1. The smallest absolute Gasteiger partial charge is 0.260 e. The van der Waals surface area contributed by atoms with E-state index in [9.17, 15) is 4.79 Å². The van der Waals surface area contributed by atoms with Crippen LogP contribution in [0.1, 0.15) is 27.0 Å². The maximum Gasteiger partial charge on any atom is 0.260 e. The molecule has 0 aliphatic rings. The predicted molar refractivity (Wildman–Crippen MR) is 84.8 cm³/mol. The van der Waals surface area contributed by atoms with Gasteiger partial charge in [-0.2, -0.15) is 0 Å². The lowest BCUT2D eigenvalue weighted by Gasteiger charge is -2.30. The minimum Gasteiger partial charge on any atom is -0.392 e. The van der Waals surface area contributed by atoms with Gasteiger partial charge in [-0.3, -0.25) is 4.79 Å². The lowest BCUT2D eigenvalue weighted by atomic mass is 9.94. The summed E-state index contributed by atoms with van der Waals surface area (Å²) in [4.78, 5) is 12.9. The summed E-state index contributed by atoms with van der Waals surface area (Å²) < 4.78 is 10.9. The maximum absolute atomic E-state index is 12.9. The standard InChI is InChI=1S/C18H20O5/c1-22-18(23-2,16-9-5-14(12-20)6-10-16)17(21)15-7-3-13(11-19)4-8-15/h3-10,19-20H,11-12H2,1-2H3. The van der Waals surface area contributed by atoms with Gasteiger partial charge >= 0.3 is 0 Å². The fraction of sp³-hybridized carbons (Fsp3) is 0.278. The zero-order chi connectivity index (χ0) is 16.9. The van der Waals surface area contributed by atoms with Gasteiger partial charge in [0.05, 0.1) is 13.2 Å². The van der Waals surface area contributed by atoms with E-state index in [-0.39, 0.29) is 19.0 Å². The minimum atomic E-state index is -1.56. The Kier molecular flexibility index (Phi) is 5.63. The van der Waals surface area contributed by atoms with Gasteiger partial charge in [-0.1, -0.05) is 48.5 Å². The van der Waals surface area contributed by atoms with Crippen molar-refractivity contribution in [2.75, 3.05) is 14.2 Å². The minimum absolute atomic E-state index is 0.0796. The molecule has 0 spiro atoms. The van der Waals surface area contributed by atoms with Crippen LogP contribution in [0, 0.1) is 0 Å². The van der Waals surface area contributed by atoms with Gasteiger partial charge in [0.1, 0.15) is 0 Å². The van der Waals surface area contributed by atoms with Crippen molar-refractivity contribution in [2.45, 2.75) is 19.0 Å². The van der Waals surface area contributed by atoms with E-state index in [4.69, 9.17) is 19.7 Å². The highest BCUT2D eigenvalue weighted by atomic mass is 16.7. The number of aliphatic hydroxyl groups is 2. The number of rotatable bonds is 7. The molecule has 2 rings (SSSR count). The lowest BCUT2D eigenvalue weighted by molar-refractivity contribution is -0.176. The van der Waals surface area contributed by atoms with E-state index in [0.29, 0.717) is 16.7 Å². The van der Waals surface area contributed by atoms with Crippen molar-refractivity contribution in [3.63, 3.8) is 0 Å². The van der Waals surface area contributed by atoms with Crippen LogP contribution in [0.15, 0.2) is 48.5 Å². The molecular weight excluding hydrogens is 296 g/mol. The van der Waals surface area contributed by atoms with Crippen LogP contribution in [0.25, 0.3) is 0 Å². The molecule has 0 aromatic heterocycles. The summed E-state index contributed by atoms with van der Waals surface area (Å²) in [5, 5.41) is 18.2. The first-order valence-electron chi connectivity index (χ1n) is 7.16. The van der Waals surface area contributed by atoms with E-state index >= 15 is 0 Å². The van der Waals surface area contributed by atoms with Crippen LogP contribution < -0.4 is 0 Å². The fourth-order valence-corrected chi connectivity index (χ4v) is 2.42. The van der Waals surface area contributed by atoms with E-state index in [1.54, 1.807) is 48.5 Å². The van der Waals surface area contributed by atoms with Crippen molar-refractivity contribution in [3.05, 3.63) is 70.8 Å². The predicted octanol–water partition coefficient (Wildman–Crippen LogP) is 2.00. The number of Topliss-reactive ketones (excluding diaryl/α,β-unsaturated/α-hetero) is 1. The average molecular weight is 316 g/mol. The van der Waals surface area contributed by atoms with Crippen LogP contribution >= 0.6 is 0 Å². The Balaban J connectivity index is 2.43. The third-order valence-corrected chi connectivity index (χ3v) is 3.79. The number of methoxy groups -OCH3 is 2. The summed E-state index contributed by atoms with van der Waals surface area (Å²) in [6, 6.07) is 13.4. The molecule has 5 nitrogen and oxygen atoms in total. The largest absolute Gasteiger partial charge is 0.392 e. The Morgan fingerprint density at radius 2 is 1.30 bits per heavy atom. The Bertz CT molecular complexity index is 642. The number of ketones is 1. The molecular formula is C18H20O5. The molecule has 2 N–H and O–H groups in total. The number of ether oxygens (including phenoxy) is 2. The van der Waals surface area contributed by atoms with Gasteiger partial charge in [0.2, 0.25) is 5.78 Å². The molecule has 2 aromatic rings. The summed E-state index contributed by atoms with van der Waals surface area (Å²) in [5.74, 6) is -1.90. The average Bonchev–Trinajstić information content (AvgIpc) is 2.63. The van der Waals surface area contributed by atoms with Crippen LogP contribution in [-0.2, 0) is 28.5 Å². The fourth-order valence-electron chi connectivity index (χ4n) is 2.42. The van der Waals surface area contributed by atoms with Crippen LogP contribution in [0.3, 0.4) is 0 Å². The highest BCUT2D eigenvalue weighted by molar-refractivity contribution is 6.02. The second-order valence-corrected chi connectivity index (χ2v) is 5.06. The summed E-state index contributed by atoms with van der Waals surface area (Å²) in [6.07, 6.45) is 0. The highest BCUT2D eigenvalue weighted by Crippen LogP contribution is 2.31. The quantitative estimate of drug-likeness (QED) is 0.603. The monoisotopic (exact) mass is 316 g/mol. The number of hydrogen-bond acceptors (Lipinski definition) is 5. The van der Waals surface area contributed by atoms with Crippen molar-refractivity contribution >= 4 is 5.78 Å². The topological polar surface area (TPSA) is 76.0 Å². The molecule has 0 atom stereocenters. The van der Waals surface area contributed by atoms with Crippen molar-refractivity contribution in [3.8, 4) is 0 Å². The first-order valence-corrected chi connectivity index (χ1v) is 7.16. The molecule has 2 aromatic carbocycles. The summed E-state index contributed by atoms with van der Waals surface area (Å²) in [7, 11) is 2.81. The van der Waals surface area contributed by atoms with Gasteiger partial charge in [-0.15, -0.1) is 0 Å². The van der Waals surface area contributed by atoms with E-state index in [1.807, 2.05) is 0 Å². The van der Waals surface area contributed by atoms with Crippen LogP contribution in [-0.4, -0.2) is 30.2 Å². The second-order valence-electron chi connectivity index (χ2n) is 5.06. The summed E-state index contributed by atoms with van der Waals surface area (Å²) in [6.45, 7) is -0.166. The maximum atomic E-state index is 12.9. The molecule has 5 heteroatoms. The molecule has 0 unspecified atom stereocenters. The number of hydrogen-bond donors (Lipinski definition) is 2. The van der Waals surface area contributed by atoms with Crippen molar-refractivity contribution < 1.29 is 24.5 Å². The van der Waals surface area contributed by atoms with Crippen LogP contribution in [0.5, 0.6) is 0 Å². The molecule has 0 fully saturated rings. The van der Waals surface area contributed by atoms with Crippen molar-refractivity contribution in [1.29, 1.82) is 0 Å². The van der Waals surface area contributed by atoms with Gasteiger partial charge in [0.25, 0.3) is 5.79 Å². The number of carbonyl (C=O) groups is 1. The molecule has 0 bridgehead atoms. The Morgan fingerprint density at radius 3 is 1.70 bits per heavy atom. The Morgan fingerprint density at radius 1 is 0.870 bits per heavy atom. The van der Waals surface area contributed by atoms with E-state index in [2.05, 4.69) is 0 Å². The molecule has 23 heavy (non-hydrogen) atoms. The van der Waals surface area contributed by atoms with Gasteiger partial charge in [0, 0.05) is 25.3 Å². The normalized spacial score (nSPS) is 11.5. The van der Waals surface area contributed by atoms with Crippen molar-refractivity contribution in [1.82, 2.24) is 0 Å². The van der Waals surface area contributed by atoms with Gasteiger partial charge < -0.3 is 19.7 Å². The first kappa shape index (κ1) is 17.3. The number of carbonyl (C=O) groups excluding carboxylic acids is 1. The molecule has 0 saturated carbocycles. The van der Waals surface area contributed by atoms with Crippen LogP contribution in [0.4, 0.5) is 0 Å². The molecule has 122 valence electrons. The molecule has 0 saturated heterocycles. The van der Waals surface area contributed by atoms with E-state index < -0.39 is 5.79 Å². The molecule has 0 radical (unpaired) electrons. The number of aliphatic hydroxyl groups excluding tert-OH is 2. The number of benzene rings is 2. The van der Waals surface area contributed by atoms with Gasteiger partial charge in [-0.25, -0.2) is 0 Å². The summed E-state index contributed by atoms with van der Waals surface area (Å²) in [5.41, 5.74) is 2.40. The van der Waals surface area contributed by atoms with E-state index in [1.165, 1.54) is 14.2 Å². The lowest BCUT2D eigenvalue weighted by Crippen LogP contribution is -2.40. The second kappa shape index (κ2) is 7.48. The zero-order valence-electron chi connectivity index (χ0n) is 13.2. The molecule has 0 heterocycles. The van der Waals surface area contributed by atoms with Gasteiger partial charge in [0.15, 0.2) is 0 Å². The third-order valence-electron chi connectivity index (χ3n) is 3.79. The summed E-state index contributed by atoms with van der Waals surface area (Å²) >= 11 is 0. The van der Waals surface area contributed by atoms with Crippen molar-refractivity contribution in [2.24, 2.45) is 0 Å². The van der Waals surface area contributed by atoms with Crippen LogP contribution in [0.2, 0.25) is 0 Å². The Hall–Kier alpha value is -2.05. The molecule has 0 aliphatic carbocycles. The van der Waals surface area contributed by atoms with Gasteiger partial charge in [-0.05, 0) is 11.1 Å².